The van der Waals surface area contributed by atoms with Crippen molar-refractivity contribution in [2.75, 3.05) is 37.7 Å². The SMILES string of the molecule is CN1CCCC(CNc2cn[nH]c2N)C1. The third kappa shape index (κ3) is 2.62. The highest BCUT2D eigenvalue weighted by atomic mass is 15.2. The van der Waals surface area contributed by atoms with Gasteiger partial charge in [-0.25, -0.2) is 0 Å². The second-order valence-corrected chi connectivity index (χ2v) is 4.35. The zero-order valence-electron chi connectivity index (χ0n) is 9.16. The van der Waals surface area contributed by atoms with Crippen LogP contribution in [0.3, 0.4) is 0 Å². The van der Waals surface area contributed by atoms with E-state index in [0.717, 1.165) is 18.2 Å². The maximum absolute atomic E-state index is 5.69. The van der Waals surface area contributed by atoms with E-state index in [1.807, 2.05) is 0 Å². The Labute approximate surface area is 90.0 Å². The fourth-order valence-electron chi connectivity index (χ4n) is 2.13. The van der Waals surface area contributed by atoms with Gasteiger partial charge in [0.05, 0.1) is 11.9 Å². The Morgan fingerprint density at radius 1 is 1.73 bits per heavy atom. The molecule has 0 amide bonds. The fourth-order valence-corrected chi connectivity index (χ4v) is 2.13. The predicted octanol–water partition coefficient (Wildman–Crippen LogP) is 0.746. The summed E-state index contributed by atoms with van der Waals surface area (Å²) in [6.45, 7) is 3.38. The van der Waals surface area contributed by atoms with E-state index in [1.54, 1.807) is 6.20 Å². The highest BCUT2D eigenvalue weighted by Crippen LogP contribution is 2.18. The molecular formula is C10H19N5. The molecule has 1 unspecified atom stereocenters. The van der Waals surface area contributed by atoms with E-state index in [4.69, 9.17) is 5.73 Å². The second kappa shape index (κ2) is 4.53. The van der Waals surface area contributed by atoms with Crippen molar-refractivity contribution in [3.63, 3.8) is 0 Å². The van der Waals surface area contributed by atoms with Gasteiger partial charge in [-0.2, -0.15) is 5.10 Å². The van der Waals surface area contributed by atoms with Gasteiger partial charge in [-0.15, -0.1) is 0 Å². The molecule has 1 saturated heterocycles. The van der Waals surface area contributed by atoms with E-state index in [0.29, 0.717) is 5.82 Å². The van der Waals surface area contributed by atoms with Crippen LogP contribution in [-0.4, -0.2) is 41.8 Å². The number of hydrogen-bond donors (Lipinski definition) is 3. The molecule has 15 heavy (non-hydrogen) atoms. The quantitative estimate of drug-likeness (QED) is 0.687. The molecule has 1 aliphatic heterocycles. The van der Waals surface area contributed by atoms with Gasteiger partial charge in [-0.1, -0.05) is 0 Å². The largest absolute Gasteiger partial charge is 0.382 e. The lowest BCUT2D eigenvalue weighted by molar-refractivity contribution is 0.217. The molecule has 5 heteroatoms. The van der Waals surface area contributed by atoms with Crippen LogP contribution in [0.2, 0.25) is 0 Å². The molecule has 0 spiro atoms. The molecule has 1 atom stereocenters. The van der Waals surface area contributed by atoms with Crippen LogP contribution in [0, 0.1) is 5.92 Å². The Morgan fingerprint density at radius 2 is 2.60 bits per heavy atom. The summed E-state index contributed by atoms with van der Waals surface area (Å²) in [6.07, 6.45) is 4.33. The van der Waals surface area contributed by atoms with E-state index in [1.165, 1.54) is 25.9 Å². The van der Waals surface area contributed by atoms with Gasteiger partial charge in [-0.05, 0) is 32.4 Å². The molecule has 4 N–H and O–H groups in total. The Morgan fingerprint density at radius 3 is 3.27 bits per heavy atom. The van der Waals surface area contributed by atoms with Crippen LogP contribution in [0.1, 0.15) is 12.8 Å². The average molecular weight is 209 g/mol. The molecule has 1 aliphatic rings. The first-order valence-electron chi connectivity index (χ1n) is 5.47. The highest BCUT2D eigenvalue weighted by molar-refractivity contribution is 5.59. The minimum Gasteiger partial charge on any atom is -0.382 e. The maximum atomic E-state index is 5.69. The van der Waals surface area contributed by atoms with Crippen molar-refractivity contribution in [1.82, 2.24) is 15.1 Å². The summed E-state index contributed by atoms with van der Waals surface area (Å²) in [5, 5.41) is 9.94. The van der Waals surface area contributed by atoms with Gasteiger partial charge in [0.1, 0.15) is 5.82 Å². The number of hydrogen-bond acceptors (Lipinski definition) is 4. The lowest BCUT2D eigenvalue weighted by Gasteiger charge is -2.29. The summed E-state index contributed by atoms with van der Waals surface area (Å²) in [4.78, 5) is 2.38. The number of anilines is 2. The van der Waals surface area contributed by atoms with Crippen molar-refractivity contribution < 1.29 is 0 Å². The van der Waals surface area contributed by atoms with Crippen molar-refractivity contribution in [2.45, 2.75) is 12.8 Å². The molecule has 5 nitrogen and oxygen atoms in total. The molecular weight excluding hydrogens is 190 g/mol. The zero-order valence-corrected chi connectivity index (χ0v) is 9.16. The standard InChI is InChI=1S/C10H19N5/c1-15-4-2-3-8(7-15)5-12-9-6-13-14-10(9)11/h6,8,12H,2-5,7H2,1H3,(H3,11,13,14). The molecule has 1 fully saturated rings. The Balaban J connectivity index is 1.80. The van der Waals surface area contributed by atoms with Gasteiger partial charge in [-0.3, -0.25) is 5.10 Å². The third-order valence-electron chi connectivity index (χ3n) is 2.97. The van der Waals surface area contributed by atoms with Gasteiger partial charge in [0.2, 0.25) is 0 Å². The number of nitrogens with zero attached hydrogens (tertiary/aromatic N) is 2. The number of aromatic amines is 1. The van der Waals surface area contributed by atoms with Crippen LogP contribution in [0.5, 0.6) is 0 Å². The molecule has 84 valence electrons. The Bertz CT molecular complexity index is 309. The number of H-pyrrole nitrogens is 1. The van der Waals surface area contributed by atoms with Crippen molar-refractivity contribution >= 4 is 11.5 Å². The van der Waals surface area contributed by atoms with Crippen molar-refractivity contribution in [2.24, 2.45) is 5.92 Å². The van der Waals surface area contributed by atoms with Crippen molar-refractivity contribution in [3.8, 4) is 0 Å². The van der Waals surface area contributed by atoms with Crippen LogP contribution in [0.4, 0.5) is 11.5 Å². The normalized spacial score (nSPS) is 22.9. The van der Waals surface area contributed by atoms with Crippen molar-refractivity contribution in [1.29, 1.82) is 0 Å². The second-order valence-electron chi connectivity index (χ2n) is 4.35. The summed E-state index contributed by atoms with van der Waals surface area (Å²) in [5.41, 5.74) is 6.61. The molecule has 0 radical (unpaired) electrons. The zero-order chi connectivity index (χ0) is 10.7. The van der Waals surface area contributed by atoms with Crippen LogP contribution >= 0.6 is 0 Å². The van der Waals surface area contributed by atoms with Gasteiger partial charge < -0.3 is 16.0 Å². The van der Waals surface area contributed by atoms with E-state index < -0.39 is 0 Å². The van der Waals surface area contributed by atoms with Crippen LogP contribution < -0.4 is 11.1 Å². The van der Waals surface area contributed by atoms with Crippen molar-refractivity contribution in [3.05, 3.63) is 6.20 Å². The highest BCUT2D eigenvalue weighted by Gasteiger charge is 2.17. The van der Waals surface area contributed by atoms with E-state index in [9.17, 15) is 0 Å². The summed E-state index contributed by atoms with van der Waals surface area (Å²) in [5.74, 6) is 1.34. The molecule has 1 aromatic rings. The topological polar surface area (TPSA) is 70.0 Å². The number of aromatic nitrogens is 2. The number of nitrogens with one attached hydrogen (secondary N) is 2. The fraction of sp³-hybridized carbons (Fsp3) is 0.700. The maximum Gasteiger partial charge on any atom is 0.142 e. The van der Waals surface area contributed by atoms with Gasteiger partial charge in [0, 0.05) is 13.1 Å². The Hall–Kier alpha value is -1.23. The molecule has 0 aliphatic carbocycles. The summed E-state index contributed by atoms with van der Waals surface area (Å²) < 4.78 is 0. The van der Waals surface area contributed by atoms with Gasteiger partial charge in [0.25, 0.3) is 0 Å². The van der Waals surface area contributed by atoms with Gasteiger partial charge >= 0.3 is 0 Å². The number of nitrogen functional groups attached to an aromatic ring is 1. The Kier molecular flexibility index (Phi) is 3.11. The number of nitrogens with two attached hydrogens (primary N) is 1. The summed E-state index contributed by atoms with van der Waals surface area (Å²) >= 11 is 0. The molecule has 2 heterocycles. The van der Waals surface area contributed by atoms with Crippen LogP contribution in [-0.2, 0) is 0 Å². The first-order valence-corrected chi connectivity index (χ1v) is 5.47. The number of likely N-dealkylation sites (tertiary alicyclic amines) is 1. The number of rotatable bonds is 3. The van der Waals surface area contributed by atoms with Crippen LogP contribution in [0.25, 0.3) is 0 Å². The average Bonchev–Trinajstić information content (AvgIpc) is 2.61. The molecule has 0 saturated carbocycles. The predicted molar refractivity (Wildman–Crippen MR) is 61.7 cm³/mol. The van der Waals surface area contributed by atoms with Crippen LogP contribution in [0.15, 0.2) is 6.20 Å². The van der Waals surface area contributed by atoms with Gasteiger partial charge in [0.15, 0.2) is 0 Å². The lowest BCUT2D eigenvalue weighted by atomic mass is 9.98. The minimum absolute atomic E-state index is 0.624. The third-order valence-corrected chi connectivity index (χ3v) is 2.97. The molecule has 0 bridgehead atoms. The number of piperidine rings is 1. The van der Waals surface area contributed by atoms with E-state index in [-0.39, 0.29) is 0 Å². The lowest BCUT2D eigenvalue weighted by Crippen LogP contribution is -2.35. The van der Waals surface area contributed by atoms with E-state index >= 15 is 0 Å². The minimum atomic E-state index is 0.624. The molecule has 2 rings (SSSR count). The smallest absolute Gasteiger partial charge is 0.142 e. The first-order chi connectivity index (χ1) is 7.25. The first kappa shape index (κ1) is 10.3. The molecule has 1 aromatic heterocycles. The molecule has 0 aromatic carbocycles. The monoisotopic (exact) mass is 209 g/mol. The summed E-state index contributed by atoms with van der Waals surface area (Å²) in [6, 6.07) is 0. The summed E-state index contributed by atoms with van der Waals surface area (Å²) in [7, 11) is 2.18. The van der Waals surface area contributed by atoms with E-state index in [2.05, 4.69) is 27.5 Å².